The number of rotatable bonds is 6. The molecule has 1 aromatic rings. The van der Waals surface area contributed by atoms with Crippen molar-refractivity contribution in [3.8, 4) is 11.9 Å². The quantitative estimate of drug-likeness (QED) is 0.295. The van der Waals surface area contributed by atoms with Crippen molar-refractivity contribution in [3.05, 3.63) is 29.3 Å². The van der Waals surface area contributed by atoms with E-state index in [2.05, 4.69) is 5.32 Å². The maximum absolute atomic E-state index is 12.1. The fourth-order valence-electron chi connectivity index (χ4n) is 6.50. The number of halogens is 1. The molecule has 4 fully saturated rings. The van der Waals surface area contributed by atoms with E-state index in [4.69, 9.17) is 21.3 Å². The van der Waals surface area contributed by atoms with E-state index in [1.807, 2.05) is 20.0 Å². The summed E-state index contributed by atoms with van der Waals surface area (Å²) in [6, 6.07) is 7.21. The molecule has 1 N–H and O–H groups in total. The summed E-state index contributed by atoms with van der Waals surface area (Å²) in [4.78, 5) is 5.06. The molecule has 4 saturated carbocycles. The number of nitriles is 1. The minimum atomic E-state index is -3.02. The molecule has 0 heterocycles. The Morgan fingerprint density at radius 2 is 1.87 bits per heavy atom. The lowest BCUT2D eigenvalue weighted by molar-refractivity contribution is -0.0537. The molecule has 0 amide bonds. The molecule has 2 atom stereocenters. The zero-order valence-corrected chi connectivity index (χ0v) is 19.8. The van der Waals surface area contributed by atoms with Gasteiger partial charge in [0.15, 0.2) is 17.6 Å². The first kappa shape index (κ1) is 22.4. The van der Waals surface area contributed by atoms with Gasteiger partial charge >= 0.3 is 0 Å². The molecule has 6 nitrogen and oxygen atoms in total. The third kappa shape index (κ3) is 4.85. The molecule has 0 aromatic heterocycles. The van der Waals surface area contributed by atoms with Gasteiger partial charge in [-0.15, -0.1) is 0 Å². The second-order valence-corrected chi connectivity index (χ2v) is 12.9. The summed E-state index contributed by atoms with van der Waals surface area (Å²) in [6.07, 6.45) is 8.39. The first-order valence-corrected chi connectivity index (χ1v) is 13.3. The maximum atomic E-state index is 12.1. The standard InChI is InChI=1S/C23H30ClN3O3S/c1-22(2,30-19-6-4-18(24)5-7-19)21(26-14-25)27-20-16-8-15-9-17(20)12-23(10-15,11-16)13-31(3,28)29/h4-7,15-17,20H,8-13H2,1-3H3,(H,26,27). The second kappa shape index (κ2) is 7.97. The van der Waals surface area contributed by atoms with E-state index in [9.17, 15) is 13.7 Å². The van der Waals surface area contributed by atoms with E-state index in [-0.39, 0.29) is 17.2 Å². The van der Waals surface area contributed by atoms with E-state index >= 15 is 0 Å². The Morgan fingerprint density at radius 1 is 1.26 bits per heavy atom. The van der Waals surface area contributed by atoms with Crippen molar-refractivity contribution in [3.63, 3.8) is 0 Å². The summed E-state index contributed by atoms with van der Waals surface area (Å²) in [6.45, 7) is 3.79. The highest BCUT2D eigenvalue weighted by Gasteiger charge is 2.56. The molecule has 8 heteroatoms. The number of hydrogen-bond donors (Lipinski definition) is 1. The van der Waals surface area contributed by atoms with Crippen LogP contribution in [0.5, 0.6) is 5.75 Å². The molecule has 4 bridgehead atoms. The van der Waals surface area contributed by atoms with E-state index in [0.29, 0.717) is 34.4 Å². The second-order valence-electron chi connectivity index (χ2n) is 10.3. The lowest BCUT2D eigenvalue weighted by Gasteiger charge is -2.59. The maximum Gasteiger partial charge on any atom is 0.182 e. The normalized spacial score (nSPS) is 32.5. The van der Waals surface area contributed by atoms with Crippen molar-refractivity contribution < 1.29 is 13.2 Å². The molecule has 4 aliphatic carbocycles. The summed E-state index contributed by atoms with van der Waals surface area (Å²) in [5.74, 6) is 2.76. The molecule has 0 radical (unpaired) electrons. The fourth-order valence-corrected chi connectivity index (χ4v) is 8.09. The van der Waals surface area contributed by atoms with Crippen LogP contribution in [0.15, 0.2) is 29.3 Å². The van der Waals surface area contributed by atoms with Crippen molar-refractivity contribution in [2.45, 2.75) is 57.6 Å². The Labute approximate surface area is 189 Å². The predicted octanol–water partition coefficient (Wildman–Crippen LogP) is 4.21. The lowest BCUT2D eigenvalue weighted by atomic mass is 9.48. The molecule has 5 rings (SSSR count). The highest BCUT2D eigenvalue weighted by Crippen LogP contribution is 2.61. The summed E-state index contributed by atoms with van der Waals surface area (Å²) in [7, 11) is -3.02. The molecule has 168 valence electrons. The molecule has 4 aliphatic rings. The number of nitrogens with one attached hydrogen (secondary N) is 1. The zero-order chi connectivity index (χ0) is 22.4. The SMILES string of the molecule is CC(C)(Oc1ccc(Cl)cc1)C(=NC1C2CC3CC1CC(CS(C)(=O)=O)(C3)C2)NC#N. The van der Waals surface area contributed by atoms with Gasteiger partial charge in [-0.1, -0.05) is 11.6 Å². The summed E-state index contributed by atoms with van der Waals surface area (Å²) in [5.41, 5.74) is -0.920. The molecular formula is C23H30ClN3O3S. The average molecular weight is 464 g/mol. The molecule has 2 unspecified atom stereocenters. The number of aliphatic imine (C=N–C) groups is 1. The molecular weight excluding hydrogens is 434 g/mol. The van der Waals surface area contributed by atoms with Gasteiger partial charge < -0.3 is 4.74 Å². The van der Waals surface area contributed by atoms with Gasteiger partial charge in [0.25, 0.3) is 0 Å². The first-order valence-electron chi connectivity index (χ1n) is 10.8. The van der Waals surface area contributed by atoms with Gasteiger partial charge in [0.1, 0.15) is 15.6 Å². The van der Waals surface area contributed by atoms with Gasteiger partial charge in [-0.05, 0) is 93.4 Å². The highest BCUT2D eigenvalue weighted by molar-refractivity contribution is 7.90. The first-order chi connectivity index (χ1) is 14.5. The zero-order valence-electron chi connectivity index (χ0n) is 18.3. The third-order valence-corrected chi connectivity index (χ3v) is 8.52. The Bertz CT molecular complexity index is 997. The van der Waals surface area contributed by atoms with Crippen molar-refractivity contribution in [1.82, 2.24) is 5.32 Å². The third-order valence-electron chi connectivity index (χ3n) is 7.13. The van der Waals surface area contributed by atoms with Gasteiger partial charge in [0, 0.05) is 11.3 Å². The molecule has 0 aliphatic heterocycles. The van der Waals surface area contributed by atoms with E-state index in [1.54, 1.807) is 24.3 Å². The Balaban J connectivity index is 1.58. The number of nitrogens with zero attached hydrogens (tertiary/aromatic N) is 2. The van der Waals surface area contributed by atoms with Crippen molar-refractivity contribution in [2.24, 2.45) is 28.2 Å². The van der Waals surface area contributed by atoms with Gasteiger partial charge in [-0.25, -0.2) is 8.42 Å². The van der Waals surface area contributed by atoms with Crippen LogP contribution in [0, 0.1) is 34.6 Å². The van der Waals surface area contributed by atoms with Crippen LogP contribution in [0.25, 0.3) is 0 Å². The lowest BCUT2D eigenvalue weighted by Crippen LogP contribution is -2.56. The average Bonchev–Trinajstić information content (AvgIpc) is 2.63. The van der Waals surface area contributed by atoms with E-state index in [0.717, 1.165) is 32.1 Å². The van der Waals surface area contributed by atoms with Crippen molar-refractivity contribution in [2.75, 3.05) is 12.0 Å². The number of benzene rings is 1. The molecule has 0 saturated heterocycles. The Morgan fingerprint density at radius 3 is 2.42 bits per heavy atom. The fraction of sp³-hybridized carbons (Fsp3) is 0.652. The minimum Gasteiger partial charge on any atom is -0.480 e. The van der Waals surface area contributed by atoms with Crippen LogP contribution in [0.3, 0.4) is 0 Å². The van der Waals surface area contributed by atoms with Crippen LogP contribution >= 0.6 is 11.6 Å². The summed E-state index contributed by atoms with van der Waals surface area (Å²) >= 11 is 5.97. The topological polar surface area (TPSA) is 91.5 Å². The Kier molecular flexibility index (Phi) is 5.76. The monoisotopic (exact) mass is 463 g/mol. The molecule has 0 spiro atoms. The smallest absolute Gasteiger partial charge is 0.182 e. The number of amidine groups is 1. The molecule has 31 heavy (non-hydrogen) atoms. The Hall–Kier alpha value is -1.78. The van der Waals surface area contributed by atoms with Crippen LogP contribution in [-0.2, 0) is 9.84 Å². The van der Waals surface area contributed by atoms with Crippen LogP contribution in [0.1, 0.15) is 46.0 Å². The van der Waals surface area contributed by atoms with Crippen molar-refractivity contribution >= 4 is 27.3 Å². The van der Waals surface area contributed by atoms with Gasteiger partial charge in [0.2, 0.25) is 0 Å². The summed E-state index contributed by atoms with van der Waals surface area (Å²) < 4.78 is 30.3. The van der Waals surface area contributed by atoms with Gasteiger partial charge in [-0.2, -0.15) is 5.26 Å². The van der Waals surface area contributed by atoms with E-state index < -0.39 is 15.4 Å². The number of sulfone groups is 1. The number of hydrogen-bond acceptors (Lipinski definition) is 5. The van der Waals surface area contributed by atoms with Crippen LogP contribution < -0.4 is 10.1 Å². The largest absolute Gasteiger partial charge is 0.480 e. The van der Waals surface area contributed by atoms with Gasteiger partial charge in [0.05, 0.1) is 11.8 Å². The van der Waals surface area contributed by atoms with Crippen molar-refractivity contribution in [1.29, 1.82) is 5.26 Å². The van der Waals surface area contributed by atoms with E-state index in [1.165, 1.54) is 6.26 Å². The highest BCUT2D eigenvalue weighted by atomic mass is 35.5. The van der Waals surface area contributed by atoms with Gasteiger partial charge in [-0.3, -0.25) is 10.3 Å². The van der Waals surface area contributed by atoms with Crippen LogP contribution in [0.4, 0.5) is 0 Å². The predicted molar refractivity (Wildman–Crippen MR) is 122 cm³/mol. The van der Waals surface area contributed by atoms with Crippen LogP contribution in [-0.4, -0.2) is 37.9 Å². The minimum absolute atomic E-state index is 0.0890. The number of ether oxygens (including phenoxy) is 1. The summed E-state index contributed by atoms with van der Waals surface area (Å²) in [5, 5.41) is 12.8. The molecule has 1 aromatic carbocycles. The van der Waals surface area contributed by atoms with Crippen LogP contribution in [0.2, 0.25) is 5.02 Å².